The highest BCUT2D eigenvalue weighted by Crippen LogP contribution is 2.25. The van der Waals surface area contributed by atoms with Gasteiger partial charge in [-0.05, 0) is 49.1 Å². The van der Waals surface area contributed by atoms with Crippen LogP contribution in [0.5, 0.6) is 11.5 Å². The summed E-state index contributed by atoms with van der Waals surface area (Å²) in [7, 11) is 0. The third-order valence-corrected chi connectivity index (χ3v) is 6.48. The average Bonchev–Trinajstić information content (AvgIpc) is 2.88. The molecule has 0 bridgehead atoms. The van der Waals surface area contributed by atoms with E-state index in [1.54, 1.807) is 12.1 Å². The van der Waals surface area contributed by atoms with E-state index >= 15 is 0 Å². The molecule has 0 aliphatic heterocycles. The van der Waals surface area contributed by atoms with Crippen molar-refractivity contribution < 1.29 is 23.0 Å². The van der Waals surface area contributed by atoms with Gasteiger partial charge in [0.15, 0.2) is 11.6 Å². The van der Waals surface area contributed by atoms with E-state index in [-0.39, 0.29) is 5.75 Å². The second-order valence-corrected chi connectivity index (χ2v) is 9.61. The Labute approximate surface area is 216 Å². The van der Waals surface area contributed by atoms with E-state index in [2.05, 4.69) is 13.8 Å². The minimum Gasteiger partial charge on any atom is -0.490 e. The second-order valence-electron chi connectivity index (χ2n) is 9.61. The third-order valence-electron chi connectivity index (χ3n) is 6.48. The zero-order valence-electron chi connectivity index (χ0n) is 22.3. The smallest absolute Gasteiger partial charge is 0.346 e. The molecular formula is C31H44F2O3. The Bertz CT molecular complexity index is 880. The normalized spacial score (nSPS) is 11.0. The summed E-state index contributed by atoms with van der Waals surface area (Å²) in [5, 5.41) is 0. The molecule has 0 atom stereocenters. The van der Waals surface area contributed by atoms with Crippen molar-refractivity contribution in [3.8, 4) is 11.5 Å². The Hall–Kier alpha value is -2.43. The summed E-state index contributed by atoms with van der Waals surface area (Å²) < 4.78 is 39.7. The number of halogens is 2. The van der Waals surface area contributed by atoms with Crippen LogP contribution >= 0.6 is 0 Å². The molecule has 0 amide bonds. The van der Waals surface area contributed by atoms with Gasteiger partial charge in [-0.2, -0.15) is 4.39 Å². The van der Waals surface area contributed by atoms with Crippen molar-refractivity contribution >= 4 is 5.97 Å². The van der Waals surface area contributed by atoms with Crippen LogP contribution in [0.1, 0.15) is 120 Å². The Morgan fingerprint density at radius 1 is 0.667 bits per heavy atom. The molecular weight excluding hydrogens is 458 g/mol. The van der Waals surface area contributed by atoms with Crippen LogP contribution in [0.2, 0.25) is 0 Å². The highest BCUT2D eigenvalue weighted by molar-refractivity contribution is 5.91. The van der Waals surface area contributed by atoms with E-state index in [4.69, 9.17) is 9.47 Å². The van der Waals surface area contributed by atoms with Gasteiger partial charge in [-0.3, -0.25) is 0 Å². The topological polar surface area (TPSA) is 35.5 Å². The largest absolute Gasteiger partial charge is 0.490 e. The predicted molar refractivity (Wildman–Crippen MR) is 143 cm³/mol. The molecule has 0 saturated carbocycles. The minimum atomic E-state index is -1.24. The van der Waals surface area contributed by atoms with Crippen LogP contribution in [0.4, 0.5) is 8.78 Å². The summed E-state index contributed by atoms with van der Waals surface area (Å²) in [4.78, 5) is 12.4. The van der Waals surface area contributed by atoms with E-state index < -0.39 is 23.2 Å². The molecule has 2 aromatic rings. The first kappa shape index (κ1) is 29.8. The van der Waals surface area contributed by atoms with Gasteiger partial charge in [0.2, 0.25) is 5.82 Å². The van der Waals surface area contributed by atoms with Crippen molar-refractivity contribution in [1.82, 2.24) is 0 Å². The zero-order chi connectivity index (χ0) is 26.0. The van der Waals surface area contributed by atoms with Gasteiger partial charge in [0.25, 0.3) is 0 Å². The number of rotatable bonds is 19. The van der Waals surface area contributed by atoms with Crippen LogP contribution < -0.4 is 9.47 Å². The quantitative estimate of drug-likeness (QED) is 0.109. The Balaban J connectivity index is 1.76. The molecule has 0 N–H and O–H groups in total. The molecule has 0 aliphatic rings. The number of esters is 1. The molecule has 0 radical (unpaired) electrons. The first-order chi connectivity index (χ1) is 17.6. The van der Waals surface area contributed by atoms with E-state index in [1.807, 2.05) is 12.1 Å². The summed E-state index contributed by atoms with van der Waals surface area (Å²) in [6.07, 6.45) is 17.5. The van der Waals surface area contributed by atoms with Crippen LogP contribution in [0.3, 0.4) is 0 Å². The van der Waals surface area contributed by atoms with Gasteiger partial charge in [-0.25, -0.2) is 9.18 Å². The van der Waals surface area contributed by atoms with Crippen LogP contribution in [0.15, 0.2) is 36.4 Å². The van der Waals surface area contributed by atoms with Crippen molar-refractivity contribution in [3.05, 3.63) is 59.2 Å². The van der Waals surface area contributed by atoms with Crippen molar-refractivity contribution in [2.45, 2.75) is 110 Å². The molecule has 36 heavy (non-hydrogen) atoms. The van der Waals surface area contributed by atoms with Crippen molar-refractivity contribution in [2.75, 3.05) is 6.61 Å². The lowest BCUT2D eigenvalue weighted by atomic mass is 10.0. The first-order valence-electron chi connectivity index (χ1n) is 14.0. The minimum absolute atomic E-state index is 0.176. The summed E-state index contributed by atoms with van der Waals surface area (Å²) in [6.45, 7) is 4.72. The Morgan fingerprint density at radius 3 is 1.83 bits per heavy atom. The highest BCUT2D eigenvalue weighted by Gasteiger charge is 2.21. The molecule has 5 heteroatoms. The summed E-state index contributed by atoms with van der Waals surface area (Å²) in [6, 6.07) is 9.73. The summed E-state index contributed by atoms with van der Waals surface area (Å²) in [5.74, 6) is -3.19. The predicted octanol–water partition coefficient (Wildman–Crippen LogP) is 9.61. The fourth-order valence-corrected chi connectivity index (χ4v) is 4.21. The van der Waals surface area contributed by atoms with Crippen molar-refractivity contribution in [2.24, 2.45) is 0 Å². The first-order valence-corrected chi connectivity index (χ1v) is 14.0. The maximum Gasteiger partial charge on any atom is 0.346 e. The van der Waals surface area contributed by atoms with Gasteiger partial charge in [0.05, 0.1) is 12.2 Å². The summed E-state index contributed by atoms with van der Waals surface area (Å²) in [5.41, 5.74) is 0.728. The van der Waals surface area contributed by atoms with Gasteiger partial charge in [-0.1, -0.05) is 103 Å². The van der Waals surface area contributed by atoms with Crippen LogP contribution in [-0.2, 0) is 6.42 Å². The molecule has 0 saturated heterocycles. The standard InChI is InChI=1S/C31H44F2O3/c1-3-5-7-9-11-13-15-17-25-18-20-26(21-19-25)36-31(34)27-22-23-28(30(33)29(27)32)35-24-16-14-12-10-8-6-4-2/h18-23H,3-17,24H2,1-2H3. The lowest BCUT2D eigenvalue weighted by molar-refractivity contribution is 0.0728. The highest BCUT2D eigenvalue weighted by atomic mass is 19.2. The van der Waals surface area contributed by atoms with Crippen molar-refractivity contribution in [1.29, 1.82) is 0 Å². The van der Waals surface area contributed by atoms with Gasteiger partial charge in [0, 0.05) is 0 Å². The average molecular weight is 503 g/mol. The van der Waals surface area contributed by atoms with E-state index in [1.165, 1.54) is 81.9 Å². The van der Waals surface area contributed by atoms with E-state index in [0.29, 0.717) is 12.4 Å². The molecule has 2 rings (SSSR count). The van der Waals surface area contributed by atoms with E-state index in [0.717, 1.165) is 32.1 Å². The lowest BCUT2D eigenvalue weighted by Gasteiger charge is -2.10. The number of carbonyl (C=O) groups excluding carboxylic acids is 1. The van der Waals surface area contributed by atoms with Crippen molar-refractivity contribution in [3.63, 3.8) is 0 Å². The molecule has 0 spiro atoms. The van der Waals surface area contributed by atoms with Crippen LogP contribution in [-0.4, -0.2) is 12.6 Å². The molecule has 0 fully saturated rings. The third kappa shape index (κ3) is 11.1. The maximum absolute atomic E-state index is 14.5. The van der Waals surface area contributed by atoms with Gasteiger partial charge in [-0.15, -0.1) is 0 Å². The van der Waals surface area contributed by atoms with Gasteiger partial charge >= 0.3 is 5.97 Å². The fraction of sp³-hybridized carbons (Fsp3) is 0.581. The van der Waals surface area contributed by atoms with Gasteiger partial charge in [0.1, 0.15) is 5.75 Å². The van der Waals surface area contributed by atoms with Gasteiger partial charge < -0.3 is 9.47 Å². The monoisotopic (exact) mass is 502 g/mol. The number of unbranched alkanes of at least 4 members (excludes halogenated alkanes) is 12. The summed E-state index contributed by atoms with van der Waals surface area (Å²) >= 11 is 0. The Morgan fingerprint density at radius 2 is 1.22 bits per heavy atom. The lowest BCUT2D eigenvalue weighted by Crippen LogP contribution is -2.12. The molecule has 200 valence electrons. The molecule has 0 heterocycles. The zero-order valence-corrected chi connectivity index (χ0v) is 22.3. The number of benzene rings is 2. The van der Waals surface area contributed by atoms with Crippen LogP contribution in [0.25, 0.3) is 0 Å². The number of aryl methyl sites for hydroxylation is 1. The molecule has 0 aromatic heterocycles. The fourth-order valence-electron chi connectivity index (χ4n) is 4.21. The Kier molecular flexibility index (Phi) is 14.8. The second kappa shape index (κ2) is 17.9. The number of hydrogen-bond donors (Lipinski definition) is 0. The SMILES string of the molecule is CCCCCCCCCOc1ccc(C(=O)Oc2ccc(CCCCCCCCC)cc2)c(F)c1F. The van der Waals surface area contributed by atoms with Crippen LogP contribution in [0, 0.1) is 11.6 Å². The maximum atomic E-state index is 14.5. The number of ether oxygens (including phenoxy) is 2. The molecule has 0 unspecified atom stereocenters. The number of hydrogen-bond acceptors (Lipinski definition) is 3. The molecule has 0 aliphatic carbocycles. The number of carbonyl (C=O) groups is 1. The molecule has 3 nitrogen and oxygen atoms in total. The molecule has 2 aromatic carbocycles. The van der Waals surface area contributed by atoms with E-state index in [9.17, 15) is 13.6 Å².